The van der Waals surface area contributed by atoms with Crippen LogP contribution < -0.4 is 10.2 Å². The van der Waals surface area contributed by atoms with Crippen LogP contribution in [0.15, 0.2) is 52.9 Å². The summed E-state index contributed by atoms with van der Waals surface area (Å²) in [5, 5.41) is 12.5. The summed E-state index contributed by atoms with van der Waals surface area (Å²) in [6.07, 6.45) is -0.247. The highest BCUT2D eigenvalue weighted by Gasteiger charge is 2.47. The molecule has 3 aromatic rings. The molecule has 2 aromatic carbocycles. The molecule has 2 atom stereocenters. The number of hydrogen-bond acceptors (Lipinski definition) is 7. The summed E-state index contributed by atoms with van der Waals surface area (Å²) in [7, 11) is -3.03. The number of amides is 1. The molecule has 6 rings (SSSR count). The first kappa shape index (κ1) is 29.2. The third-order valence-electron chi connectivity index (χ3n) is 8.73. The van der Waals surface area contributed by atoms with Gasteiger partial charge in [-0.25, -0.2) is 13.4 Å². The summed E-state index contributed by atoms with van der Waals surface area (Å²) in [4.78, 5) is 20.2. The zero-order valence-corrected chi connectivity index (χ0v) is 24.2. The van der Waals surface area contributed by atoms with E-state index in [2.05, 4.69) is 11.4 Å². The number of anilines is 1. The minimum atomic E-state index is -4.48. The lowest BCUT2D eigenvalue weighted by Crippen LogP contribution is -2.42. The Kier molecular flexibility index (Phi) is 7.49. The molecule has 2 aliphatic carbocycles. The molecule has 0 radical (unpaired) electrons. The van der Waals surface area contributed by atoms with Crippen molar-refractivity contribution in [2.45, 2.75) is 56.2 Å². The van der Waals surface area contributed by atoms with E-state index in [1.807, 2.05) is 29.2 Å². The van der Waals surface area contributed by atoms with E-state index in [1.165, 1.54) is 12.1 Å². The third-order valence-corrected chi connectivity index (χ3v) is 10.3. The van der Waals surface area contributed by atoms with E-state index in [0.29, 0.717) is 61.4 Å². The second-order valence-corrected chi connectivity index (χ2v) is 14.0. The van der Waals surface area contributed by atoms with E-state index in [-0.39, 0.29) is 29.2 Å². The molecule has 0 bridgehead atoms. The lowest BCUT2D eigenvalue weighted by molar-refractivity contribution is -0.137. The Bertz CT molecular complexity index is 1640. The van der Waals surface area contributed by atoms with Crippen LogP contribution in [0.1, 0.15) is 55.8 Å². The molecule has 2 saturated carbocycles. The average molecular weight is 613 g/mol. The van der Waals surface area contributed by atoms with Gasteiger partial charge in [0.25, 0.3) is 0 Å². The first-order chi connectivity index (χ1) is 20.5. The van der Waals surface area contributed by atoms with E-state index in [0.717, 1.165) is 30.7 Å². The number of carbonyl (C=O) groups is 1. The molecule has 1 aliphatic heterocycles. The summed E-state index contributed by atoms with van der Waals surface area (Å²) in [5.74, 6) is -0.133. The van der Waals surface area contributed by atoms with Crippen LogP contribution >= 0.6 is 0 Å². The minimum Gasteiger partial charge on any atom is -0.440 e. The molecule has 8 nitrogen and oxygen atoms in total. The lowest BCUT2D eigenvalue weighted by Gasteiger charge is -2.30. The number of oxazole rings is 1. The molecule has 2 heterocycles. The second kappa shape index (κ2) is 11.0. The van der Waals surface area contributed by atoms with Gasteiger partial charge >= 0.3 is 6.18 Å². The van der Waals surface area contributed by atoms with Crippen molar-refractivity contribution in [3.63, 3.8) is 0 Å². The summed E-state index contributed by atoms with van der Waals surface area (Å²) in [6, 6.07) is 14.3. The number of hydrogen-bond donors (Lipinski definition) is 1. The van der Waals surface area contributed by atoms with E-state index in [1.54, 1.807) is 0 Å². The molecular formula is C31H31F3N4O4S. The number of carbonyl (C=O) groups excluding carboxylic acids is 1. The van der Waals surface area contributed by atoms with Gasteiger partial charge < -0.3 is 14.6 Å². The molecule has 43 heavy (non-hydrogen) atoms. The monoisotopic (exact) mass is 612 g/mol. The van der Waals surface area contributed by atoms with Crippen LogP contribution in [0.4, 0.5) is 18.9 Å². The fourth-order valence-electron chi connectivity index (χ4n) is 5.99. The standard InChI is InChI=1S/C31H31F3N4O4S/c32-31(33,34)22-9-5-21(6-10-22)29-36-26(20-7-11-23(12-8-20)38-15-17-43(40,41)18-16-38)27(42-29)24-3-1-2-4-25(24)28(39)37-30(19-35)13-14-30/h5-12,24-25H,1-4,13-18H2,(H,37,39)/t24-,25-/m1/s1. The fraction of sp³-hybridized carbons (Fsp3) is 0.452. The largest absolute Gasteiger partial charge is 0.440 e. The summed E-state index contributed by atoms with van der Waals surface area (Å²) in [5.41, 5.74) is 0.885. The van der Waals surface area contributed by atoms with Crippen molar-refractivity contribution in [3.8, 4) is 28.8 Å². The number of benzene rings is 2. The first-order valence-electron chi connectivity index (χ1n) is 14.4. The van der Waals surface area contributed by atoms with Crippen molar-refractivity contribution in [1.29, 1.82) is 5.26 Å². The van der Waals surface area contributed by atoms with Gasteiger partial charge in [0.15, 0.2) is 9.84 Å². The Hall–Kier alpha value is -3.85. The van der Waals surface area contributed by atoms with Crippen molar-refractivity contribution < 1.29 is 30.8 Å². The molecule has 0 unspecified atom stereocenters. The van der Waals surface area contributed by atoms with Gasteiger partial charge in [-0.3, -0.25) is 4.79 Å². The fourth-order valence-corrected chi connectivity index (χ4v) is 7.19. The van der Waals surface area contributed by atoms with Crippen LogP contribution in [0, 0.1) is 17.2 Å². The Morgan fingerprint density at radius 2 is 1.63 bits per heavy atom. The third kappa shape index (κ3) is 6.13. The predicted molar refractivity (Wildman–Crippen MR) is 154 cm³/mol. The molecule has 3 fully saturated rings. The number of nitriles is 1. The molecule has 1 aromatic heterocycles. The number of halogens is 3. The maximum Gasteiger partial charge on any atom is 0.416 e. The van der Waals surface area contributed by atoms with Gasteiger partial charge in [0, 0.05) is 41.7 Å². The Balaban J connectivity index is 1.35. The Morgan fingerprint density at radius 1 is 1.00 bits per heavy atom. The average Bonchev–Trinajstić information content (AvgIpc) is 3.63. The van der Waals surface area contributed by atoms with Gasteiger partial charge in [-0.05, 0) is 62.1 Å². The van der Waals surface area contributed by atoms with Gasteiger partial charge in [-0.1, -0.05) is 25.0 Å². The number of nitrogens with one attached hydrogen (secondary N) is 1. The van der Waals surface area contributed by atoms with Gasteiger partial charge in [0.2, 0.25) is 11.8 Å². The summed E-state index contributed by atoms with van der Waals surface area (Å²) < 4.78 is 69.6. The lowest BCUT2D eigenvalue weighted by atomic mass is 9.76. The molecule has 1 amide bonds. The van der Waals surface area contributed by atoms with Crippen molar-refractivity contribution in [3.05, 3.63) is 59.9 Å². The van der Waals surface area contributed by atoms with Crippen LogP contribution in [0.5, 0.6) is 0 Å². The second-order valence-electron chi connectivity index (χ2n) is 11.7. The highest BCUT2D eigenvalue weighted by atomic mass is 32.2. The van der Waals surface area contributed by atoms with Crippen molar-refractivity contribution in [2.24, 2.45) is 5.92 Å². The Morgan fingerprint density at radius 3 is 2.23 bits per heavy atom. The highest BCUT2D eigenvalue weighted by molar-refractivity contribution is 7.91. The maximum absolute atomic E-state index is 13.4. The van der Waals surface area contributed by atoms with Gasteiger partial charge in [-0.15, -0.1) is 0 Å². The number of alkyl halides is 3. The summed E-state index contributed by atoms with van der Waals surface area (Å²) >= 11 is 0. The summed E-state index contributed by atoms with van der Waals surface area (Å²) in [6.45, 7) is 0.802. The molecule has 1 saturated heterocycles. The Labute approximate surface area is 247 Å². The van der Waals surface area contributed by atoms with Gasteiger partial charge in [0.1, 0.15) is 17.0 Å². The number of aromatic nitrogens is 1. The van der Waals surface area contributed by atoms with Gasteiger partial charge in [-0.2, -0.15) is 18.4 Å². The van der Waals surface area contributed by atoms with Crippen LogP contribution in [-0.2, 0) is 20.8 Å². The SMILES string of the molecule is N#CC1(NC(=O)[C@@H]2CCCC[C@H]2c2oc(-c3ccc(C(F)(F)F)cc3)nc2-c2ccc(N3CCS(=O)(=O)CC3)cc2)CC1. The minimum absolute atomic E-state index is 0.0941. The number of rotatable bonds is 6. The quantitative estimate of drug-likeness (QED) is 0.379. The molecule has 0 spiro atoms. The van der Waals surface area contributed by atoms with Crippen molar-refractivity contribution >= 4 is 21.4 Å². The van der Waals surface area contributed by atoms with Crippen LogP contribution in [0.25, 0.3) is 22.7 Å². The van der Waals surface area contributed by atoms with E-state index in [9.17, 15) is 31.6 Å². The molecule has 3 aliphatic rings. The number of sulfone groups is 1. The van der Waals surface area contributed by atoms with Crippen LogP contribution in [0.2, 0.25) is 0 Å². The van der Waals surface area contributed by atoms with Crippen molar-refractivity contribution in [1.82, 2.24) is 10.3 Å². The van der Waals surface area contributed by atoms with Crippen LogP contribution in [-0.4, -0.2) is 49.4 Å². The molecular weight excluding hydrogens is 581 g/mol. The first-order valence-corrected chi connectivity index (χ1v) is 16.3. The normalized spacial score (nSPS) is 22.9. The zero-order valence-electron chi connectivity index (χ0n) is 23.4. The predicted octanol–water partition coefficient (Wildman–Crippen LogP) is 5.71. The van der Waals surface area contributed by atoms with Crippen molar-refractivity contribution in [2.75, 3.05) is 29.5 Å². The zero-order chi connectivity index (χ0) is 30.4. The molecule has 12 heteroatoms. The van der Waals surface area contributed by atoms with E-state index in [4.69, 9.17) is 9.40 Å². The number of nitrogens with zero attached hydrogens (tertiary/aromatic N) is 3. The van der Waals surface area contributed by atoms with Crippen LogP contribution in [0.3, 0.4) is 0 Å². The maximum atomic E-state index is 13.4. The topological polar surface area (TPSA) is 116 Å². The van der Waals surface area contributed by atoms with E-state index >= 15 is 0 Å². The molecule has 226 valence electrons. The molecule has 1 N–H and O–H groups in total. The van der Waals surface area contributed by atoms with Gasteiger partial charge in [0.05, 0.1) is 23.1 Å². The highest BCUT2D eigenvalue weighted by Crippen LogP contribution is 2.45. The van der Waals surface area contributed by atoms with E-state index < -0.39 is 33.0 Å². The smallest absolute Gasteiger partial charge is 0.416 e.